The molecule has 12 heteroatoms. The van der Waals surface area contributed by atoms with Crippen LogP contribution in [0.5, 0.6) is 5.75 Å². The number of amides is 1. The van der Waals surface area contributed by atoms with Crippen molar-refractivity contribution in [3.63, 3.8) is 0 Å². The molecule has 2 aliphatic heterocycles. The summed E-state index contributed by atoms with van der Waals surface area (Å²) in [4.78, 5) is 33.2. The summed E-state index contributed by atoms with van der Waals surface area (Å²) in [6.45, 7) is 3.95. The van der Waals surface area contributed by atoms with E-state index < -0.39 is 17.6 Å². The fourth-order valence-electron chi connectivity index (χ4n) is 4.56. The number of thioether (sulfide) groups is 1. The predicted octanol–water partition coefficient (Wildman–Crippen LogP) is 5.23. The standard InChI is InChI=1S/C30H27F2N3O5S2/c31-23-7-5-19(16-24(23)32)25-4-1-3-22(33-25)17-27-28(36)35(30(41)42-27)9-2-12-40-26-8-6-20(29(37)38)15-21(26)18-34-10-13-39-14-11-34/h1,3-8,15-17H,2,9-14,18H2,(H,37,38)/b27-17-. The number of carbonyl (C=O) groups is 2. The van der Waals surface area contributed by atoms with E-state index in [-0.39, 0.29) is 11.5 Å². The maximum atomic E-state index is 13.7. The number of ether oxygens (including phenoxy) is 2. The van der Waals surface area contributed by atoms with Gasteiger partial charge in [0.25, 0.3) is 5.91 Å². The lowest BCUT2D eigenvalue weighted by Crippen LogP contribution is -2.35. The highest BCUT2D eigenvalue weighted by molar-refractivity contribution is 8.26. The number of aromatic nitrogens is 1. The highest BCUT2D eigenvalue weighted by Gasteiger charge is 2.31. The zero-order valence-corrected chi connectivity index (χ0v) is 24.1. The molecule has 2 aliphatic rings. The van der Waals surface area contributed by atoms with Gasteiger partial charge >= 0.3 is 5.97 Å². The Balaban J connectivity index is 1.20. The molecule has 5 rings (SSSR count). The normalized spacial score (nSPS) is 16.8. The average molecular weight is 612 g/mol. The van der Waals surface area contributed by atoms with Crippen LogP contribution in [0.3, 0.4) is 0 Å². The lowest BCUT2D eigenvalue weighted by atomic mass is 10.1. The maximum absolute atomic E-state index is 13.7. The Kier molecular flexibility index (Phi) is 9.58. The third kappa shape index (κ3) is 7.19. The number of benzene rings is 2. The van der Waals surface area contributed by atoms with Crippen LogP contribution in [0.15, 0.2) is 59.5 Å². The number of halogens is 2. The lowest BCUT2D eigenvalue weighted by Gasteiger charge is -2.27. The molecule has 8 nitrogen and oxygen atoms in total. The molecule has 1 amide bonds. The number of carboxylic acids is 1. The van der Waals surface area contributed by atoms with Crippen molar-refractivity contribution in [1.82, 2.24) is 14.8 Å². The molecule has 2 fully saturated rings. The Morgan fingerprint density at radius 2 is 1.93 bits per heavy atom. The summed E-state index contributed by atoms with van der Waals surface area (Å²) >= 11 is 6.62. The Morgan fingerprint density at radius 1 is 1.12 bits per heavy atom. The van der Waals surface area contributed by atoms with Crippen LogP contribution < -0.4 is 4.74 Å². The Labute approximate surface area is 250 Å². The second kappa shape index (κ2) is 13.5. The van der Waals surface area contributed by atoms with Crippen LogP contribution in [-0.4, -0.2) is 75.5 Å². The minimum atomic E-state index is -1.00. The quantitative estimate of drug-likeness (QED) is 0.188. The average Bonchev–Trinajstić information content (AvgIpc) is 3.25. The van der Waals surface area contributed by atoms with Gasteiger partial charge in [0, 0.05) is 37.3 Å². The van der Waals surface area contributed by atoms with Gasteiger partial charge < -0.3 is 14.6 Å². The van der Waals surface area contributed by atoms with E-state index in [0.29, 0.717) is 71.3 Å². The first-order chi connectivity index (χ1) is 20.3. The zero-order chi connectivity index (χ0) is 29.6. The summed E-state index contributed by atoms with van der Waals surface area (Å²) in [7, 11) is 0. The predicted molar refractivity (Wildman–Crippen MR) is 159 cm³/mol. The number of hydrogen-bond donors (Lipinski definition) is 1. The Bertz CT molecular complexity index is 1550. The summed E-state index contributed by atoms with van der Waals surface area (Å²) in [6, 6.07) is 13.5. The molecule has 0 radical (unpaired) electrons. The van der Waals surface area contributed by atoms with Gasteiger partial charge in [0.15, 0.2) is 11.6 Å². The monoisotopic (exact) mass is 611 g/mol. The molecule has 0 bridgehead atoms. The van der Waals surface area contributed by atoms with Crippen LogP contribution in [0.2, 0.25) is 0 Å². The van der Waals surface area contributed by atoms with E-state index in [9.17, 15) is 23.5 Å². The van der Waals surface area contributed by atoms with Crippen molar-refractivity contribution in [1.29, 1.82) is 0 Å². The van der Waals surface area contributed by atoms with Crippen LogP contribution in [0.1, 0.15) is 28.0 Å². The van der Waals surface area contributed by atoms with E-state index in [1.165, 1.54) is 28.8 Å². The number of carboxylic acid groups (broad SMARTS) is 1. The summed E-state index contributed by atoms with van der Waals surface area (Å²) in [5, 5.41) is 9.43. The van der Waals surface area contributed by atoms with E-state index in [4.69, 9.17) is 21.7 Å². The van der Waals surface area contributed by atoms with Gasteiger partial charge in [-0.25, -0.2) is 18.6 Å². The number of aromatic carboxylic acids is 1. The van der Waals surface area contributed by atoms with Crippen LogP contribution in [0, 0.1) is 11.6 Å². The molecule has 0 saturated carbocycles. The number of carbonyl (C=O) groups excluding carboxylic acids is 1. The summed E-state index contributed by atoms with van der Waals surface area (Å²) in [5.41, 5.74) is 2.32. The third-order valence-electron chi connectivity index (χ3n) is 6.73. The highest BCUT2D eigenvalue weighted by Crippen LogP contribution is 2.33. The molecular weight excluding hydrogens is 584 g/mol. The van der Waals surface area contributed by atoms with E-state index in [1.54, 1.807) is 36.4 Å². The van der Waals surface area contributed by atoms with Crippen molar-refractivity contribution in [2.75, 3.05) is 39.5 Å². The largest absolute Gasteiger partial charge is 0.493 e. The number of hydrogen-bond acceptors (Lipinski definition) is 8. The first-order valence-electron chi connectivity index (χ1n) is 13.3. The van der Waals surface area contributed by atoms with Crippen LogP contribution in [-0.2, 0) is 16.1 Å². The first kappa shape index (κ1) is 29.8. The number of thiocarbonyl (C=S) groups is 1. The Hall–Kier alpha value is -3.71. The van der Waals surface area contributed by atoms with Gasteiger partial charge in [-0.15, -0.1) is 0 Å². The molecule has 3 aromatic rings. The molecule has 3 heterocycles. The van der Waals surface area contributed by atoms with Gasteiger partial charge in [0.05, 0.1) is 41.7 Å². The minimum Gasteiger partial charge on any atom is -0.493 e. The topological polar surface area (TPSA) is 92.2 Å². The number of pyridine rings is 1. The molecular formula is C30H27F2N3O5S2. The van der Waals surface area contributed by atoms with Gasteiger partial charge in [-0.1, -0.05) is 30.0 Å². The molecule has 42 heavy (non-hydrogen) atoms. The van der Waals surface area contributed by atoms with Crippen LogP contribution in [0.25, 0.3) is 17.3 Å². The van der Waals surface area contributed by atoms with Crippen molar-refractivity contribution in [3.8, 4) is 17.0 Å². The number of morpholine rings is 1. The van der Waals surface area contributed by atoms with Crippen molar-refractivity contribution < 1.29 is 33.0 Å². The van der Waals surface area contributed by atoms with Crippen molar-refractivity contribution in [3.05, 3.63) is 88.0 Å². The molecule has 218 valence electrons. The molecule has 1 aromatic heterocycles. The molecule has 0 aliphatic carbocycles. The summed E-state index contributed by atoms with van der Waals surface area (Å²) in [6.07, 6.45) is 2.13. The second-order valence-electron chi connectivity index (χ2n) is 9.63. The summed E-state index contributed by atoms with van der Waals surface area (Å²) < 4.78 is 38.9. The highest BCUT2D eigenvalue weighted by atomic mass is 32.2. The third-order valence-corrected chi connectivity index (χ3v) is 8.11. The van der Waals surface area contributed by atoms with Crippen molar-refractivity contribution in [2.45, 2.75) is 13.0 Å². The Morgan fingerprint density at radius 3 is 2.69 bits per heavy atom. The number of nitrogens with zero attached hydrogens (tertiary/aromatic N) is 3. The van der Waals surface area contributed by atoms with Crippen molar-refractivity contribution >= 4 is 46.3 Å². The molecule has 0 atom stereocenters. The van der Waals surface area contributed by atoms with E-state index in [1.807, 2.05) is 0 Å². The van der Waals surface area contributed by atoms with Crippen LogP contribution in [0.4, 0.5) is 8.78 Å². The second-order valence-corrected chi connectivity index (χ2v) is 11.3. The van der Waals surface area contributed by atoms with Gasteiger partial charge in [-0.3, -0.25) is 14.6 Å². The van der Waals surface area contributed by atoms with Crippen LogP contribution >= 0.6 is 24.0 Å². The smallest absolute Gasteiger partial charge is 0.335 e. The molecule has 0 unspecified atom stereocenters. The number of rotatable bonds is 10. The van der Waals surface area contributed by atoms with Crippen molar-refractivity contribution in [2.24, 2.45) is 0 Å². The lowest BCUT2D eigenvalue weighted by molar-refractivity contribution is -0.122. The first-order valence-corrected chi connectivity index (χ1v) is 14.5. The summed E-state index contributed by atoms with van der Waals surface area (Å²) in [5.74, 6) is -2.55. The van der Waals surface area contributed by atoms with Gasteiger partial charge in [-0.05, 0) is 61.0 Å². The SMILES string of the molecule is O=C(O)c1ccc(OCCCN2C(=O)/C(=C/c3cccc(-c4ccc(F)c(F)c4)n3)SC2=S)c(CN2CCOCC2)c1. The van der Waals surface area contributed by atoms with Gasteiger partial charge in [0.1, 0.15) is 10.1 Å². The van der Waals surface area contributed by atoms with E-state index in [0.717, 1.165) is 30.8 Å². The minimum absolute atomic E-state index is 0.194. The van der Waals surface area contributed by atoms with Gasteiger partial charge in [-0.2, -0.15) is 0 Å². The maximum Gasteiger partial charge on any atom is 0.335 e. The van der Waals surface area contributed by atoms with E-state index >= 15 is 0 Å². The molecule has 2 saturated heterocycles. The molecule has 2 aromatic carbocycles. The fourth-order valence-corrected chi connectivity index (χ4v) is 5.85. The van der Waals surface area contributed by atoms with Gasteiger partial charge in [0.2, 0.25) is 0 Å². The fraction of sp³-hybridized carbons (Fsp3) is 0.267. The molecule has 1 N–H and O–H groups in total. The zero-order valence-electron chi connectivity index (χ0n) is 22.4. The van der Waals surface area contributed by atoms with E-state index in [2.05, 4.69) is 9.88 Å². The molecule has 0 spiro atoms.